The van der Waals surface area contributed by atoms with Crippen LogP contribution in [0.25, 0.3) is 5.70 Å². The van der Waals surface area contributed by atoms with Crippen molar-refractivity contribution in [1.29, 1.82) is 0 Å². The third-order valence-corrected chi connectivity index (χ3v) is 5.53. The van der Waals surface area contributed by atoms with Crippen molar-refractivity contribution in [1.82, 2.24) is 4.90 Å². The maximum atomic E-state index is 14.8. The number of benzene rings is 1. The number of amides is 1. The van der Waals surface area contributed by atoms with Crippen molar-refractivity contribution in [3.05, 3.63) is 40.2 Å². The molecule has 0 radical (unpaired) electrons. The second-order valence-electron chi connectivity index (χ2n) is 6.10. The van der Waals surface area contributed by atoms with E-state index in [9.17, 15) is 9.18 Å². The summed E-state index contributed by atoms with van der Waals surface area (Å²) < 4.78 is 25.9. The van der Waals surface area contributed by atoms with Crippen LogP contribution in [0.5, 0.6) is 0 Å². The van der Waals surface area contributed by atoms with E-state index in [1.807, 2.05) is 19.1 Å². The van der Waals surface area contributed by atoms with Gasteiger partial charge in [0.2, 0.25) is 0 Å². The summed E-state index contributed by atoms with van der Waals surface area (Å²) in [4.78, 5) is 13.9. The van der Waals surface area contributed by atoms with Crippen molar-refractivity contribution in [3.63, 3.8) is 0 Å². The highest BCUT2D eigenvalue weighted by Gasteiger charge is 2.35. The molecule has 0 spiro atoms. The Morgan fingerprint density at radius 1 is 1.35 bits per heavy atom. The number of rotatable bonds is 2. The Bertz CT molecular complexity index is 712. The molecule has 6 heteroatoms. The molecule has 122 valence electrons. The molecule has 1 atom stereocenters. The van der Waals surface area contributed by atoms with Gasteiger partial charge in [0.1, 0.15) is 5.82 Å². The smallest absolute Gasteiger partial charge is 0.286 e. The molecule has 0 unspecified atom stereocenters. The van der Waals surface area contributed by atoms with Crippen molar-refractivity contribution in [2.24, 2.45) is 0 Å². The molecule has 3 aliphatic rings. The minimum atomic E-state index is -0.515. The van der Waals surface area contributed by atoms with E-state index in [-0.39, 0.29) is 16.3 Å². The van der Waals surface area contributed by atoms with Crippen molar-refractivity contribution in [2.75, 3.05) is 19.8 Å². The molecule has 1 aromatic rings. The zero-order valence-corrected chi connectivity index (χ0v) is 13.9. The van der Waals surface area contributed by atoms with Crippen LogP contribution in [0.3, 0.4) is 0 Å². The van der Waals surface area contributed by atoms with Crippen LogP contribution >= 0.6 is 11.8 Å². The van der Waals surface area contributed by atoms with E-state index in [4.69, 9.17) is 9.47 Å². The van der Waals surface area contributed by atoms with Crippen molar-refractivity contribution in [2.45, 2.75) is 31.8 Å². The molecule has 4 rings (SSSR count). The highest BCUT2D eigenvalue weighted by atomic mass is 32.2. The number of allylic oxidation sites excluding steroid dienone is 1. The monoisotopic (exact) mass is 335 g/mol. The van der Waals surface area contributed by atoms with Gasteiger partial charge in [-0.3, -0.25) is 4.79 Å². The van der Waals surface area contributed by atoms with E-state index in [1.165, 1.54) is 11.8 Å². The van der Waals surface area contributed by atoms with Gasteiger partial charge in [-0.2, -0.15) is 0 Å². The second kappa shape index (κ2) is 5.61. The van der Waals surface area contributed by atoms with Crippen LogP contribution < -0.4 is 0 Å². The standard InChI is InChI=1S/C17H18FNO3S/c1-9-8-19(17(20)23-9)14-4-3-11-13(14)7-12(10(2)15(11)18)16-21-5-6-22-16/h4,7,9,16H,3,5-6,8H2,1-2H3/t9-/m1/s1. The van der Waals surface area contributed by atoms with Gasteiger partial charge in [0, 0.05) is 34.2 Å². The Balaban J connectivity index is 1.76. The topological polar surface area (TPSA) is 38.8 Å². The van der Waals surface area contributed by atoms with E-state index in [1.54, 1.807) is 11.8 Å². The number of hydrogen-bond acceptors (Lipinski definition) is 4. The lowest BCUT2D eigenvalue weighted by Crippen LogP contribution is -2.22. The molecule has 2 heterocycles. The Hall–Kier alpha value is -1.37. The number of ether oxygens (including phenoxy) is 2. The van der Waals surface area contributed by atoms with Gasteiger partial charge in [-0.05, 0) is 25.0 Å². The van der Waals surface area contributed by atoms with Crippen LogP contribution in [-0.2, 0) is 15.9 Å². The minimum Gasteiger partial charge on any atom is -0.346 e. The van der Waals surface area contributed by atoms with Crippen LogP contribution in [0.2, 0.25) is 0 Å². The quantitative estimate of drug-likeness (QED) is 0.827. The largest absolute Gasteiger partial charge is 0.346 e. The van der Waals surface area contributed by atoms with Crippen LogP contribution in [-0.4, -0.2) is 35.1 Å². The van der Waals surface area contributed by atoms with Crippen molar-refractivity contribution < 1.29 is 18.7 Å². The molecule has 0 bridgehead atoms. The second-order valence-corrected chi connectivity index (χ2v) is 7.49. The van der Waals surface area contributed by atoms with Gasteiger partial charge in [0.05, 0.1) is 13.2 Å². The first-order valence-corrected chi connectivity index (χ1v) is 8.68. The number of hydrogen-bond donors (Lipinski definition) is 0. The Labute approximate surface area is 138 Å². The number of carbonyl (C=O) groups excluding carboxylic acids is 1. The molecular weight excluding hydrogens is 317 g/mol. The number of carbonyl (C=O) groups is 1. The number of halogens is 1. The summed E-state index contributed by atoms with van der Waals surface area (Å²) in [6.07, 6.45) is 1.95. The molecule has 0 aromatic heterocycles. The van der Waals surface area contributed by atoms with Crippen molar-refractivity contribution >= 4 is 22.7 Å². The van der Waals surface area contributed by atoms with Gasteiger partial charge in [-0.15, -0.1) is 0 Å². The Kier molecular flexibility index (Phi) is 3.70. The fourth-order valence-electron chi connectivity index (χ4n) is 3.40. The summed E-state index contributed by atoms with van der Waals surface area (Å²) >= 11 is 1.33. The van der Waals surface area contributed by atoms with Gasteiger partial charge in [0.15, 0.2) is 6.29 Å². The molecule has 1 aromatic carbocycles. The molecule has 2 aliphatic heterocycles. The third kappa shape index (κ3) is 2.40. The average Bonchev–Trinajstić information content (AvgIpc) is 3.22. The molecule has 0 saturated carbocycles. The molecule has 1 aliphatic carbocycles. The summed E-state index contributed by atoms with van der Waals surface area (Å²) in [6.45, 7) is 5.48. The van der Waals surface area contributed by atoms with Crippen LogP contribution in [0.1, 0.15) is 35.5 Å². The Morgan fingerprint density at radius 2 is 2.09 bits per heavy atom. The highest BCUT2D eigenvalue weighted by Crippen LogP contribution is 2.41. The summed E-state index contributed by atoms with van der Waals surface area (Å²) in [5, 5.41) is 0.288. The SMILES string of the molecule is Cc1c(C2OCCO2)cc2c(c1F)CC=C2N1C[C@@H](C)SC1=O. The van der Waals surface area contributed by atoms with E-state index in [0.29, 0.717) is 37.3 Å². The highest BCUT2D eigenvalue weighted by molar-refractivity contribution is 8.14. The predicted molar refractivity (Wildman–Crippen MR) is 86.6 cm³/mol. The van der Waals surface area contributed by atoms with E-state index in [0.717, 1.165) is 16.8 Å². The average molecular weight is 335 g/mol. The normalized spacial score (nSPS) is 24.5. The summed E-state index contributed by atoms with van der Waals surface area (Å²) in [5.41, 5.74) is 3.57. The van der Waals surface area contributed by atoms with Gasteiger partial charge >= 0.3 is 0 Å². The number of nitrogens with zero attached hydrogens (tertiary/aromatic N) is 1. The van der Waals surface area contributed by atoms with Gasteiger partial charge in [-0.1, -0.05) is 24.8 Å². The molecule has 4 nitrogen and oxygen atoms in total. The molecule has 23 heavy (non-hydrogen) atoms. The fraction of sp³-hybridized carbons (Fsp3) is 0.471. The van der Waals surface area contributed by atoms with Gasteiger partial charge < -0.3 is 14.4 Å². The molecular formula is C17H18FNO3S. The van der Waals surface area contributed by atoms with E-state index < -0.39 is 6.29 Å². The first kappa shape index (κ1) is 15.2. The van der Waals surface area contributed by atoms with Gasteiger partial charge in [0.25, 0.3) is 5.24 Å². The van der Waals surface area contributed by atoms with Crippen molar-refractivity contribution in [3.8, 4) is 0 Å². The van der Waals surface area contributed by atoms with E-state index >= 15 is 0 Å². The summed E-state index contributed by atoms with van der Waals surface area (Å²) in [7, 11) is 0. The zero-order chi connectivity index (χ0) is 16.1. The Morgan fingerprint density at radius 3 is 2.74 bits per heavy atom. The van der Waals surface area contributed by atoms with Gasteiger partial charge in [-0.25, -0.2) is 4.39 Å². The first-order valence-electron chi connectivity index (χ1n) is 7.80. The fourth-order valence-corrected chi connectivity index (χ4v) is 4.27. The van der Waals surface area contributed by atoms with Crippen LogP contribution in [0, 0.1) is 12.7 Å². The lowest BCUT2D eigenvalue weighted by molar-refractivity contribution is -0.0447. The minimum absolute atomic E-state index is 0.0347. The predicted octanol–water partition coefficient (Wildman–Crippen LogP) is 3.63. The number of thioether (sulfide) groups is 1. The summed E-state index contributed by atoms with van der Waals surface area (Å²) in [6, 6.07) is 1.93. The van der Waals surface area contributed by atoms with Crippen LogP contribution in [0.4, 0.5) is 9.18 Å². The molecule has 0 N–H and O–H groups in total. The lowest BCUT2D eigenvalue weighted by Gasteiger charge is -2.21. The van der Waals surface area contributed by atoms with Crippen LogP contribution in [0.15, 0.2) is 12.1 Å². The molecule has 1 amide bonds. The zero-order valence-electron chi connectivity index (χ0n) is 13.1. The van der Waals surface area contributed by atoms with E-state index in [2.05, 4.69) is 0 Å². The lowest BCUT2D eigenvalue weighted by atomic mass is 9.98. The maximum absolute atomic E-state index is 14.8. The first-order chi connectivity index (χ1) is 11.1. The maximum Gasteiger partial charge on any atom is 0.286 e. The third-order valence-electron chi connectivity index (χ3n) is 4.56. The summed E-state index contributed by atoms with van der Waals surface area (Å²) in [5.74, 6) is -0.213. The molecule has 2 saturated heterocycles. The molecule has 2 fully saturated rings. The number of fused-ring (bicyclic) bond motifs is 1.